The Hall–Kier alpha value is -11.7. The number of nitrogens with zero attached hydrogens (tertiary/aromatic N) is 2. The third kappa shape index (κ3) is 9.29. The summed E-state index contributed by atoms with van der Waals surface area (Å²) < 4.78 is 5.12. The van der Waals surface area contributed by atoms with Crippen molar-refractivity contribution in [2.45, 2.75) is 0 Å². The Morgan fingerprint density at radius 3 is 1.02 bits per heavy atom. The number of para-hydroxylation sites is 2. The summed E-state index contributed by atoms with van der Waals surface area (Å²) in [4.78, 5) is 0. The monoisotopic (exact) mass is 1230 g/mol. The van der Waals surface area contributed by atoms with Crippen LogP contribution in [0.3, 0.4) is 0 Å². The molecule has 17 rings (SSSR count). The lowest BCUT2D eigenvalue weighted by Gasteiger charge is -2.36. The molecule has 2 aromatic heterocycles. The quantitative estimate of drug-likeness (QED) is 0.0759. The van der Waals surface area contributed by atoms with Crippen molar-refractivity contribution in [1.82, 2.24) is 9.13 Å². The Labute approximate surface area is 550 Å². The zero-order valence-electron chi connectivity index (χ0n) is 51.8. The molecule has 0 spiro atoms. The first kappa shape index (κ1) is 56.3. The first-order valence-corrected chi connectivity index (χ1v) is 36.6. The SMILES string of the molecule is c1ccc(-c2cccc([Si](c3ccccc3)(c3cccc(-c4ccccc4)c3)c3cc(-c4ccccc4)c(-n4c5ccccc5c5cc(-n6c7ccccc7c7c([Si](c8ccccc8)(c8ccccc8)c8ccccc8)cccc76)ccc54)c(-c4ccccc4)c3)c2)cc1. The predicted octanol–water partition coefficient (Wildman–Crippen LogP) is 17.3. The summed E-state index contributed by atoms with van der Waals surface area (Å²) in [5.41, 5.74) is 16.3. The van der Waals surface area contributed by atoms with Gasteiger partial charge in [-0.25, -0.2) is 0 Å². The van der Waals surface area contributed by atoms with Crippen molar-refractivity contribution >= 4 is 101 Å². The van der Waals surface area contributed by atoms with Crippen molar-refractivity contribution in [2.75, 3.05) is 0 Å². The second-order valence-electron chi connectivity index (χ2n) is 24.6. The summed E-state index contributed by atoms with van der Waals surface area (Å²) in [6, 6.07) is 146. The molecule has 0 saturated heterocycles. The average Bonchev–Trinajstić information content (AvgIpc) is 1.27. The van der Waals surface area contributed by atoms with Crippen LogP contribution in [0.4, 0.5) is 0 Å². The summed E-state index contributed by atoms with van der Waals surface area (Å²) in [7, 11) is -6.31. The Balaban J connectivity index is 0.952. The standard InChI is InChI=1S/C90H64N2Si2/c1-9-32-65(33-10-1)69-40-29-50-76(60-69)93(72-42-17-5-18-43-72,77-51-30-41-70(61-77)66-34-11-2-12-35-66)78-63-81(67-36-13-3-14-37-67)90(82(64-78)68-38-15-4-16-39-68)92-84-54-27-25-52-79(84)83-62-71(58-59-86(83)92)91-85-55-28-26-53-80(85)89-87(91)56-31-57-88(89)94(73-44-19-6-20-45-73,74-46-21-7-22-47-74)75-48-23-8-24-49-75/h1-64H. The summed E-state index contributed by atoms with van der Waals surface area (Å²) in [6.45, 7) is 0. The van der Waals surface area contributed by atoms with Crippen molar-refractivity contribution in [3.8, 4) is 55.9 Å². The summed E-state index contributed by atoms with van der Waals surface area (Å²) in [6.07, 6.45) is 0. The zero-order chi connectivity index (χ0) is 62.4. The molecule has 0 unspecified atom stereocenters. The van der Waals surface area contributed by atoms with E-state index in [0.29, 0.717) is 0 Å². The van der Waals surface area contributed by atoms with E-state index in [1.54, 1.807) is 0 Å². The van der Waals surface area contributed by atoms with Crippen LogP contribution in [0.1, 0.15) is 0 Å². The second-order valence-corrected chi connectivity index (χ2v) is 32.2. The van der Waals surface area contributed by atoms with E-state index in [-0.39, 0.29) is 0 Å². The molecule has 0 aliphatic carbocycles. The number of rotatable bonds is 14. The number of benzene rings is 15. The van der Waals surface area contributed by atoms with Crippen LogP contribution in [-0.2, 0) is 0 Å². The number of hydrogen-bond donors (Lipinski definition) is 0. The van der Waals surface area contributed by atoms with E-state index in [2.05, 4.69) is 397 Å². The van der Waals surface area contributed by atoms with Gasteiger partial charge >= 0.3 is 0 Å². The molecule has 94 heavy (non-hydrogen) atoms. The molecule has 0 aliphatic heterocycles. The smallest absolute Gasteiger partial charge is 0.180 e. The minimum Gasteiger partial charge on any atom is -0.309 e. The third-order valence-electron chi connectivity index (χ3n) is 19.6. The van der Waals surface area contributed by atoms with Crippen molar-refractivity contribution in [1.29, 1.82) is 0 Å². The van der Waals surface area contributed by atoms with Gasteiger partial charge in [0.05, 0.1) is 27.8 Å². The fourth-order valence-electron chi connectivity index (χ4n) is 15.6. The van der Waals surface area contributed by atoms with Gasteiger partial charge in [-0.1, -0.05) is 352 Å². The fourth-order valence-corrected chi connectivity index (χ4v) is 25.4. The molecule has 2 heterocycles. The van der Waals surface area contributed by atoms with Gasteiger partial charge in [0.2, 0.25) is 0 Å². The fraction of sp³-hybridized carbons (Fsp3) is 0. The van der Waals surface area contributed by atoms with E-state index < -0.39 is 16.1 Å². The maximum atomic E-state index is 2.59. The molecule has 15 aromatic carbocycles. The molecule has 0 amide bonds. The first-order valence-electron chi connectivity index (χ1n) is 32.6. The lowest BCUT2D eigenvalue weighted by atomic mass is 9.95. The van der Waals surface area contributed by atoms with Gasteiger partial charge in [0, 0.05) is 38.4 Å². The Bertz CT molecular complexity index is 5340. The lowest BCUT2D eigenvalue weighted by molar-refractivity contribution is 1.17. The Morgan fingerprint density at radius 1 is 0.191 bits per heavy atom. The van der Waals surface area contributed by atoms with Crippen LogP contribution in [0.5, 0.6) is 0 Å². The number of aromatic nitrogens is 2. The topological polar surface area (TPSA) is 9.86 Å². The number of fused-ring (bicyclic) bond motifs is 6. The first-order chi connectivity index (χ1) is 46.7. The van der Waals surface area contributed by atoms with Crippen molar-refractivity contribution < 1.29 is 0 Å². The van der Waals surface area contributed by atoms with Crippen LogP contribution < -0.4 is 41.5 Å². The second kappa shape index (κ2) is 23.9. The van der Waals surface area contributed by atoms with Gasteiger partial charge in [-0.05, 0) is 111 Å². The highest BCUT2D eigenvalue weighted by atomic mass is 28.3. The molecule has 17 aromatic rings. The lowest BCUT2D eigenvalue weighted by Crippen LogP contribution is -2.74. The average molecular weight is 1230 g/mol. The summed E-state index contributed by atoms with van der Waals surface area (Å²) >= 11 is 0. The van der Waals surface area contributed by atoms with Gasteiger partial charge in [0.15, 0.2) is 16.1 Å². The predicted molar refractivity (Wildman–Crippen MR) is 404 cm³/mol. The van der Waals surface area contributed by atoms with Crippen LogP contribution >= 0.6 is 0 Å². The number of hydrogen-bond acceptors (Lipinski definition) is 0. The van der Waals surface area contributed by atoms with Crippen LogP contribution in [0.2, 0.25) is 0 Å². The normalized spacial score (nSPS) is 11.8. The highest BCUT2D eigenvalue weighted by molar-refractivity contribution is 7.21. The van der Waals surface area contributed by atoms with Gasteiger partial charge < -0.3 is 9.13 Å². The van der Waals surface area contributed by atoms with Crippen LogP contribution in [0.25, 0.3) is 99.5 Å². The van der Waals surface area contributed by atoms with Crippen molar-refractivity contribution in [3.05, 3.63) is 388 Å². The van der Waals surface area contributed by atoms with Gasteiger partial charge in [-0.15, -0.1) is 0 Å². The van der Waals surface area contributed by atoms with Crippen LogP contribution in [0.15, 0.2) is 388 Å². The molecular formula is C90H64N2Si2. The maximum absolute atomic E-state index is 3.34. The van der Waals surface area contributed by atoms with Gasteiger partial charge in [0.1, 0.15) is 0 Å². The Morgan fingerprint density at radius 2 is 0.543 bits per heavy atom. The summed E-state index contributed by atoms with van der Waals surface area (Å²) in [5.74, 6) is 0. The van der Waals surface area contributed by atoms with E-state index in [1.807, 2.05) is 0 Å². The molecule has 2 nitrogen and oxygen atoms in total. The molecule has 442 valence electrons. The summed E-state index contributed by atoms with van der Waals surface area (Å²) in [5, 5.41) is 15.6. The van der Waals surface area contributed by atoms with Crippen molar-refractivity contribution in [3.63, 3.8) is 0 Å². The molecule has 0 radical (unpaired) electrons. The minimum atomic E-state index is -3.34. The molecule has 4 heteroatoms. The van der Waals surface area contributed by atoms with Gasteiger partial charge in [-0.3, -0.25) is 0 Å². The van der Waals surface area contributed by atoms with Crippen LogP contribution in [-0.4, -0.2) is 25.3 Å². The highest BCUT2D eigenvalue weighted by Gasteiger charge is 2.45. The molecule has 0 N–H and O–H groups in total. The molecule has 0 fully saturated rings. The maximum Gasteiger partial charge on any atom is 0.180 e. The van der Waals surface area contributed by atoms with Gasteiger partial charge in [-0.2, -0.15) is 0 Å². The Kier molecular flexibility index (Phi) is 14.3. The molecule has 0 bridgehead atoms. The van der Waals surface area contributed by atoms with E-state index in [0.717, 1.165) is 44.7 Å². The molecular weight excluding hydrogens is 1170 g/mol. The van der Waals surface area contributed by atoms with E-state index in [9.17, 15) is 0 Å². The largest absolute Gasteiger partial charge is 0.309 e. The molecule has 0 aliphatic rings. The third-order valence-corrected chi connectivity index (χ3v) is 29.1. The highest BCUT2D eigenvalue weighted by Crippen LogP contribution is 2.43. The van der Waals surface area contributed by atoms with E-state index in [1.165, 1.54) is 96.3 Å². The molecule has 0 saturated carbocycles. The van der Waals surface area contributed by atoms with Crippen molar-refractivity contribution in [2.24, 2.45) is 0 Å². The minimum absolute atomic E-state index is 1.11. The van der Waals surface area contributed by atoms with Gasteiger partial charge in [0.25, 0.3) is 0 Å². The molecule has 0 atom stereocenters. The van der Waals surface area contributed by atoms with E-state index in [4.69, 9.17) is 0 Å². The van der Waals surface area contributed by atoms with E-state index >= 15 is 0 Å². The zero-order valence-corrected chi connectivity index (χ0v) is 53.8. The van der Waals surface area contributed by atoms with Crippen LogP contribution in [0, 0.1) is 0 Å².